The molecule has 1 aliphatic heterocycles. The van der Waals surface area contributed by atoms with Crippen LogP contribution in [0.2, 0.25) is 0 Å². The van der Waals surface area contributed by atoms with E-state index in [4.69, 9.17) is 23.2 Å². The highest BCUT2D eigenvalue weighted by Crippen LogP contribution is 2.69. The smallest absolute Gasteiger partial charge is 0.244 e. The SMILES string of the molecule is C[C@H](NC(=O)[C@H](Cc1ccccc1)N1C(=O)[C@@H]2[C@H](C1=O)C1(Cl)c3ccccc3C2(Cl)c2ccccc21)c1ccccc1. The van der Waals surface area contributed by atoms with Gasteiger partial charge in [0.2, 0.25) is 17.7 Å². The first-order valence-electron chi connectivity index (χ1n) is 14.1. The zero-order valence-electron chi connectivity index (χ0n) is 22.8. The number of hydrogen-bond donors (Lipinski definition) is 1. The zero-order chi connectivity index (χ0) is 29.2. The Balaban J connectivity index is 1.34. The van der Waals surface area contributed by atoms with Crippen molar-refractivity contribution in [3.8, 4) is 0 Å². The van der Waals surface area contributed by atoms with Crippen molar-refractivity contribution in [2.24, 2.45) is 11.8 Å². The molecule has 0 aromatic heterocycles. The number of benzene rings is 4. The van der Waals surface area contributed by atoms with E-state index in [9.17, 15) is 14.4 Å². The maximum Gasteiger partial charge on any atom is 0.244 e. The van der Waals surface area contributed by atoms with Crippen LogP contribution in [0.25, 0.3) is 0 Å². The van der Waals surface area contributed by atoms with E-state index < -0.39 is 45.3 Å². The van der Waals surface area contributed by atoms with E-state index in [0.717, 1.165) is 38.3 Å². The molecular formula is C35H28Cl2N2O3. The third-order valence-corrected chi connectivity index (χ3v) is 10.4. The van der Waals surface area contributed by atoms with Gasteiger partial charge in [-0.05, 0) is 40.3 Å². The van der Waals surface area contributed by atoms with Crippen molar-refractivity contribution in [3.63, 3.8) is 0 Å². The van der Waals surface area contributed by atoms with Crippen molar-refractivity contribution in [1.82, 2.24) is 10.2 Å². The highest BCUT2D eigenvalue weighted by Gasteiger charge is 2.73. The van der Waals surface area contributed by atoms with Crippen LogP contribution in [0.3, 0.4) is 0 Å². The number of nitrogens with zero attached hydrogens (tertiary/aromatic N) is 1. The van der Waals surface area contributed by atoms with Gasteiger partial charge in [0.05, 0.1) is 17.9 Å². The van der Waals surface area contributed by atoms with Gasteiger partial charge in [0.15, 0.2) is 0 Å². The minimum absolute atomic E-state index is 0.162. The summed E-state index contributed by atoms with van der Waals surface area (Å²) < 4.78 is 0. The van der Waals surface area contributed by atoms with Gasteiger partial charge < -0.3 is 5.32 Å². The molecule has 4 atom stereocenters. The number of rotatable bonds is 6. The van der Waals surface area contributed by atoms with Crippen LogP contribution in [-0.2, 0) is 30.6 Å². The lowest BCUT2D eigenvalue weighted by Gasteiger charge is -2.54. The van der Waals surface area contributed by atoms with Gasteiger partial charge in [-0.2, -0.15) is 0 Å². The third kappa shape index (κ3) is 3.66. The van der Waals surface area contributed by atoms with Gasteiger partial charge in [-0.1, -0.05) is 109 Å². The monoisotopic (exact) mass is 594 g/mol. The fourth-order valence-corrected chi connectivity index (χ4v) is 8.37. The number of nitrogens with one attached hydrogen (secondary N) is 1. The molecule has 1 saturated heterocycles. The lowest BCUT2D eigenvalue weighted by atomic mass is 9.54. The quantitative estimate of drug-likeness (QED) is 0.218. The lowest BCUT2D eigenvalue weighted by Crippen LogP contribution is -2.57. The largest absolute Gasteiger partial charge is 0.348 e. The Morgan fingerprint density at radius 3 is 1.57 bits per heavy atom. The molecule has 42 heavy (non-hydrogen) atoms. The first kappa shape index (κ1) is 26.9. The predicted molar refractivity (Wildman–Crippen MR) is 162 cm³/mol. The zero-order valence-corrected chi connectivity index (χ0v) is 24.3. The molecule has 4 aromatic rings. The molecule has 5 nitrogen and oxygen atoms in total. The summed E-state index contributed by atoms with van der Waals surface area (Å²) in [6.07, 6.45) is 0.162. The molecule has 0 unspecified atom stereocenters. The van der Waals surface area contributed by atoms with Crippen LogP contribution in [-0.4, -0.2) is 28.7 Å². The number of carbonyl (C=O) groups excluding carboxylic acids is 3. The highest BCUT2D eigenvalue weighted by atomic mass is 35.5. The molecule has 0 saturated carbocycles. The number of hydrogen-bond acceptors (Lipinski definition) is 3. The number of amides is 3. The fraction of sp³-hybridized carbons (Fsp3) is 0.229. The minimum Gasteiger partial charge on any atom is -0.348 e. The first-order valence-corrected chi connectivity index (χ1v) is 14.9. The van der Waals surface area contributed by atoms with Crippen LogP contribution in [0.1, 0.15) is 46.3 Å². The van der Waals surface area contributed by atoms with E-state index in [1.165, 1.54) is 0 Å². The Bertz CT molecular complexity index is 1600. The molecule has 2 bridgehead atoms. The summed E-state index contributed by atoms with van der Waals surface area (Å²) in [4.78, 5) is 41.8. The van der Waals surface area contributed by atoms with Gasteiger partial charge in [-0.3, -0.25) is 19.3 Å². The Kier molecular flexibility index (Phi) is 6.30. The molecule has 0 spiro atoms. The molecule has 3 aliphatic carbocycles. The number of likely N-dealkylation sites (tertiary alicyclic amines) is 1. The van der Waals surface area contributed by atoms with Crippen LogP contribution in [0.15, 0.2) is 109 Å². The molecule has 1 fully saturated rings. The molecule has 0 radical (unpaired) electrons. The maximum atomic E-state index is 14.6. The number of halogens is 2. The predicted octanol–water partition coefficient (Wildman–Crippen LogP) is 6.07. The number of alkyl halides is 2. The molecule has 3 amide bonds. The van der Waals surface area contributed by atoms with E-state index in [2.05, 4.69) is 5.32 Å². The van der Waals surface area contributed by atoms with Crippen molar-refractivity contribution >= 4 is 40.9 Å². The molecule has 7 heteroatoms. The Morgan fingerprint density at radius 2 is 1.12 bits per heavy atom. The standard InChI is InChI=1S/C35H28Cl2N2O3/c1-21(23-14-6-3-7-15-23)38-31(40)28(20-22-12-4-2-5-13-22)39-32(41)29-30(33(39)42)35(37)25-17-9-8-16-24(25)34(29,36)26-18-10-11-19-27(26)35/h2-19,21,28-30H,20H2,1H3,(H,38,40)/t21-,28-,29-,30+,34?,35?/m0/s1. The van der Waals surface area contributed by atoms with Crippen LogP contribution in [0.4, 0.5) is 0 Å². The fourth-order valence-electron chi connectivity index (χ4n) is 7.27. The van der Waals surface area contributed by atoms with Crippen LogP contribution in [0.5, 0.6) is 0 Å². The topological polar surface area (TPSA) is 66.5 Å². The summed E-state index contributed by atoms with van der Waals surface area (Å²) in [6, 6.07) is 32.6. The third-order valence-electron chi connectivity index (χ3n) is 9.16. The van der Waals surface area contributed by atoms with E-state index in [0.29, 0.717) is 0 Å². The number of carbonyl (C=O) groups is 3. The minimum atomic E-state index is -1.30. The molecule has 4 aliphatic rings. The van der Waals surface area contributed by atoms with Crippen molar-refractivity contribution in [1.29, 1.82) is 0 Å². The summed E-state index contributed by atoms with van der Waals surface area (Å²) in [5, 5.41) is 3.06. The average Bonchev–Trinajstić information content (AvgIpc) is 3.30. The first-order chi connectivity index (χ1) is 20.3. The van der Waals surface area contributed by atoms with Gasteiger partial charge in [0.25, 0.3) is 0 Å². The van der Waals surface area contributed by atoms with Crippen molar-refractivity contribution in [3.05, 3.63) is 143 Å². The summed E-state index contributed by atoms with van der Waals surface area (Å²) in [5.41, 5.74) is 4.66. The molecule has 1 heterocycles. The van der Waals surface area contributed by atoms with Crippen LogP contribution < -0.4 is 5.32 Å². The van der Waals surface area contributed by atoms with Crippen molar-refractivity contribution in [2.45, 2.75) is 35.2 Å². The summed E-state index contributed by atoms with van der Waals surface area (Å²) in [6.45, 7) is 1.88. The summed E-state index contributed by atoms with van der Waals surface area (Å²) in [5.74, 6) is -3.29. The Labute approximate surface area is 254 Å². The Morgan fingerprint density at radius 1 is 0.714 bits per heavy atom. The number of imide groups is 1. The average molecular weight is 596 g/mol. The van der Waals surface area contributed by atoms with Gasteiger partial charge in [0, 0.05) is 6.42 Å². The summed E-state index contributed by atoms with van der Waals surface area (Å²) >= 11 is 15.2. The molecule has 4 aromatic carbocycles. The van der Waals surface area contributed by atoms with Crippen molar-refractivity contribution < 1.29 is 14.4 Å². The molecule has 210 valence electrons. The second-order valence-electron chi connectivity index (χ2n) is 11.4. The second-order valence-corrected chi connectivity index (χ2v) is 12.6. The normalized spacial score (nSPS) is 26.7. The van der Waals surface area contributed by atoms with Crippen LogP contribution in [0, 0.1) is 11.8 Å². The second kappa shape index (κ2) is 9.82. The molecule has 1 N–H and O–H groups in total. The van der Waals surface area contributed by atoms with Gasteiger partial charge in [0.1, 0.15) is 15.8 Å². The maximum absolute atomic E-state index is 14.6. The molecule has 8 rings (SSSR count). The summed E-state index contributed by atoms with van der Waals surface area (Å²) in [7, 11) is 0. The van der Waals surface area contributed by atoms with Crippen LogP contribution >= 0.6 is 23.2 Å². The molecular weight excluding hydrogens is 567 g/mol. The van der Waals surface area contributed by atoms with Gasteiger partial charge >= 0.3 is 0 Å². The van der Waals surface area contributed by atoms with E-state index in [1.807, 2.05) is 116 Å². The Hall–Kier alpha value is -3.93. The van der Waals surface area contributed by atoms with Gasteiger partial charge in [-0.25, -0.2) is 0 Å². The van der Waals surface area contributed by atoms with E-state index in [-0.39, 0.29) is 12.5 Å². The lowest BCUT2D eigenvalue weighted by molar-refractivity contribution is -0.148. The van der Waals surface area contributed by atoms with Gasteiger partial charge in [-0.15, -0.1) is 23.2 Å². The van der Waals surface area contributed by atoms with E-state index in [1.54, 1.807) is 0 Å². The van der Waals surface area contributed by atoms with E-state index >= 15 is 0 Å². The highest BCUT2D eigenvalue weighted by molar-refractivity contribution is 6.36. The van der Waals surface area contributed by atoms with Crippen molar-refractivity contribution in [2.75, 3.05) is 0 Å².